The van der Waals surface area contributed by atoms with E-state index in [1.54, 1.807) is 6.08 Å². The van der Waals surface area contributed by atoms with Crippen molar-refractivity contribution in [2.45, 2.75) is 6.92 Å². The van der Waals surface area contributed by atoms with Crippen LogP contribution in [0.4, 0.5) is 0 Å². The fourth-order valence-corrected chi connectivity index (χ4v) is 1.08. The second-order valence-corrected chi connectivity index (χ2v) is 2.84. The third kappa shape index (κ3) is 3.12. The highest BCUT2D eigenvalue weighted by Crippen LogP contribution is 2.12. The van der Waals surface area contributed by atoms with Gasteiger partial charge >= 0.3 is 0 Å². The molecule has 0 bridgehead atoms. The lowest BCUT2D eigenvalue weighted by molar-refractivity contribution is 1.57. The van der Waals surface area contributed by atoms with Crippen molar-refractivity contribution in [3.63, 3.8) is 0 Å². The molecule has 0 N–H and O–H groups in total. The van der Waals surface area contributed by atoms with Gasteiger partial charge in [-0.25, -0.2) is 0 Å². The zero-order valence-electron chi connectivity index (χ0n) is 7.90. The quantitative estimate of drug-likeness (QED) is 0.605. The lowest BCUT2D eigenvalue weighted by Gasteiger charge is -1.97. The minimum Gasteiger partial charge on any atom is -0.0991 e. The molecular weight excluding hydrogens is 156 g/mol. The first-order valence-corrected chi connectivity index (χ1v) is 4.36. The van der Waals surface area contributed by atoms with Crippen LogP contribution >= 0.6 is 0 Å². The fourth-order valence-electron chi connectivity index (χ4n) is 1.08. The molecule has 0 saturated carbocycles. The molecule has 0 nitrogen and oxygen atoms in total. The number of rotatable bonds is 3. The Bertz CT molecular complexity index is 315. The van der Waals surface area contributed by atoms with Crippen molar-refractivity contribution in [1.82, 2.24) is 0 Å². The van der Waals surface area contributed by atoms with Crippen LogP contribution in [0.5, 0.6) is 0 Å². The lowest BCUT2D eigenvalue weighted by Crippen LogP contribution is -1.75. The molecule has 0 spiro atoms. The number of hydrogen-bond donors (Lipinski definition) is 0. The predicted molar refractivity (Wildman–Crippen MR) is 59.4 cm³/mol. The first-order valence-electron chi connectivity index (χ1n) is 4.36. The fraction of sp³-hybridized carbons (Fsp3) is 0.0769. The molecule has 0 aromatic heterocycles. The Morgan fingerprint density at radius 2 is 1.85 bits per heavy atom. The summed E-state index contributed by atoms with van der Waals surface area (Å²) in [7, 11) is 0. The Morgan fingerprint density at radius 1 is 1.15 bits per heavy atom. The van der Waals surface area contributed by atoms with E-state index in [0.29, 0.717) is 0 Å². The third-order valence-corrected chi connectivity index (χ3v) is 1.82. The van der Waals surface area contributed by atoms with E-state index in [9.17, 15) is 0 Å². The Morgan fingerprint density at radius 3 is 2.46 bits per heavy atom. The average molecular weight is 170 g/mol. The minimum absolute atomic E-state index is 1.26. The van der Waals surface area contributed by atoms with Gasteiger partial charge in [0.15, 0.2) is 0 Å². The molecule has 0 amide bonds. The smallest absolute Gasteiger partial charge is 0.0227 e. The molecule has 0 fully saturated rings. The summed E-state index contributed by atoms with van der Waals surface area (Å²) >= 11 is 0. The Kier molecular flexibility index (Phi) is 3.77. The molecule has 0 aliphatic rings. The molecule has 1 rings (SSSR count). The number of hydrogen-bond acceptors (Lipinski definition) is 0. The van der Waals surface area contributed by atoms with E-state index in [1.807, 2.05) is 30.4 Å². The predicted octanol–water partition coefficient (Wildman–Crippen LogP) is 3.83. The Hall–Kier alpha value is -1.56. The van der Waals surface area contributed by atoms with Crippen molar-refractivity contribution < 1.29 is 0 Å². The van der Waals surface area contributed by atoms with E-state index in [4.69, 9.17) is 0 Å². The van der Waals surface area contributed by atoms with E-state index in [1.165, 1.54) is 11.1 Å². The summed E-state index contributed by atoms with van der Waals surface area (Å²) in [4.78, 5) is 0. The summed E-state index contributed by atoms with van der Waals surface area (Å²) in [6.07, 6.45) is 7.77. The lowest BCUT2D eigenvalue weighted by atomic mass is 10.1. The molecule has 0 heteroatoms. The van der Waals surface area contributed by atoms with Crippen LogP contribution < -0.4 is 0 Å². The highest BCUT2D eigenvalue weighted by Gasteiger charge is 1.89. The van der Waals surface area contributed by atoms with Crippen molar-refractivity contribution in [2.24, 2.45) is 0 Å². The van der Waals surface area contributed by atoms with Gasteiger partial charge in [0, 0.05) is 0 Å². The maximum Gasteiger partial charge on any atom is -0.0227 e. The molecule has 0 saturated heterocycles. The second-order valence-electron chi connectivity index (χ2n) is 2.84. The van der Waals surface area contributed by atoms with Crippen LogP contribution in [-0.4, -0.2) is 0 Å². The highest BCUT2D eigenvalue weighted by molar-refractivity contribution is 5.64. The van der Waals surface area contributed by atoms with E-state index in [-0.39, 0.29) is 0 Å². The maximum absolute atomic E-state index is 3.61. The van der Waals surface area contributed by atoms with Gasteiger partial charge in [0.05, 0.1) is 0 Å². The summed E-state index contributed by atoms with van der Waals surface area (Å²) < 4.78 is 0. The Labute approximate surface area is 79.9 Å². The largest absolute Gasteiger partial charge is 0.0991 e. The zero-order chi connectivity index (χ0) is 9.52. The van der Waals surface area contributed by atoms with Crippen LogP contribution in [-0.2, 0) is 0 Å². The summed E-state index contributed by atoms with van der Waals surface area (Å²) in [5, 5.41) is 0. The molecule has 0 aliphatic carbocycles. The normalized spacial score (nSPS) is 11.9. The van der Waals surface area contributed by atoms with E-state index < -0.39 is 0 Å². The Balaban J connectivity index is 2.79. The summed E-state index contributed by atoms with van der Waals surface area (Å²) in [6, 6.07) is 10.3. The van der Waals surface area contributed by atoms with Gasteiger partial charge < -0.3 is 0 Å². The van der Waals surface area contributed by atoms with Gasteiger partial charge in [-0.15, -0.1) is 0 Å². The first-order chi connectivity index (χ1) is 6.34. The van der Waals surface area contributed by atoms with Gasteiger partial charge in [0.2, 0.25) is 0 Å². The van der Waals surface area contributed by atoms with Gasteiger partial charge in [-0.2, -0.15) is 0 Å². The van der Waals surface area contributed by atoms with Crippen molar-refractivity contribution >= 4 is 5.57 Å². The molecule has 0 unspecified atom stereocenters. The van der Waals surface area contributed by atoms with Gasteiger partial charge in [0.25, 0.3) is 0 Å². The van der Waals surface area contributed by atoms with Crippen LogP contribution in [0.1, 0.15) is 12.5 Å². The van der Waals surface area contributed by atoms with Crippen LogP contribution in [0.3, 0.4) is 0 Å². The second kappa shape index (κ2) is 5.15. The van der Waals surface area contributed by atoms with E-state index in [0.717, 1.165) is 0 Å². The van der Waals surface area contributed by atoms with Crippen LogP contribution in [0.25, 0.3) is 5.57 Å². The highest BCUT2D eigenvalue weighted by atomic mass is 13.9. The number of allylic oxidation sites excluding steroid dienone is 5. The van der Waals surface area contributed by atoms with Crippen LogP contribution in [0.15, 0.2) is 61.2 Å². The van der Waals surface area contributed by atoms with Gasteiger partial charge in [0.1, 0.15) is 0 Å². The van der Waals surface area contributed by atoms with Gasteiger partial charge in [-0.3, -0.25) is 0 Å². The molecule has 1 aromatic rings. The summed E-state index contributed by atoms with van der Waals surface area (Å²) in [6.45, 7) is 5.71. The minimum atomic E-state index is 1.26. The summed E-state index contributed by atoms with van der Waals surface area (Å²) in [5.74, 6) is 0. The molecule has 0 aliphatic heterocycles. The van der Waals surface area contributed by atoms with E-state index >= 15 is 0 Å². The summed E-state index contributed by atoms with van der Waals surface area (Å²) in [5.41, 5.74) is 2.52. The molecular formula is C13H14. The monoisotopic (exact) mass is 170 g/mol. The van der Waals surface area contributed by atoms with E-state index in [2.05, 4.69) is 31.7 Å². The standard InChI is InChI=1S/C13H14/c1-3-4-6-9-12(2)13-10-7-5-8-11-13/h3-11H,1H2,2H3. The van der Waals surface area contributed by atoms with Crippen molar-refractivity contribution in [1.29, 1.82) is 0 Å². The molecule has 1 aromatic carbocycles. The number of benzene rings is 1. The van der Waals surface area contributed by atoms with Gasteiger partial charge in [-0.05, 0) is 18.1 Å². The first kappa shape index (κ1) is 9.53. The van der Waals surface area contributed by atoms with Crippen molar-refractivity contribution in [2.75, 3.05) is 0 Å². The maximum atomic E-state index is 3.61. The SMILES string of the molecule is C=CC=CC=C(C)c1ccccc1. The average Bonchev–Trinajstić information content (AvgIpc) is 2.19. The molecule has 0 atom stereocenters. The zero-order valence-corrected chi connectivity index (χ0v) is 7.90. The van der Waals surface area contributed by atoms with Crippen molar-refractivity contribution in [3.05, 3.63) is 66.8 Å². The molecule has 0 heterocycles. The van der Waals surface area contributed by atoms with Gasteiger partial charge in [-0.1, -0.05) is 61.2 Å². The molecule has 66 valence electrons. The topological polar surface area (TPSA) is 0 Å². The molecule has 0 radical (unpaired) electrons. The molecule has 13 heavy (non-hydrogen) atoms. The van der Waals surface area contributed by atoms with Crippen LogP contribution in [0.2, 0.25) is 0 Å². The van der Waals surface area contributed by atoms with Crippen molar-refractivity contribution in [3.8, 4) is 0 Å². The van der Waals surface area contributed by atoms with Crippen LogP contribution in [0, 0.1) is 0 Å². The third-order valence-electron chi connectivity index (χ3n) is 1.82.